The molecule has 1 saturated carbocycles. The maximum absolute atomic E-state index is 12.8. The van der Waals surface area contributed by atoms with Gasteiger partial charge < -0.3 is 15.2 Å². The third-order valence-electron chi connectivity index (χ3n) is 5.75. The van der Waals surface area contributed by atoms with Crippen LogP contribution in [0.3, 0.4) is 0 Å². The first-order valence-electron chi connectivity index (χ1n) is 10.5. The molecule has 0 bridgehead atoms. The van der Waals surface area contributed by atoms with E-state index in [0.717, 1.165) is 47.2 Å². The van der Waals surface area contributed by atoms with E-state index in [1.54, 1.807) is 38.3 Å². The molecule has 8 heteroatoms. The number of amides is 1. The SMILES string of the molecule is Cc1cncc(C(=O)Nc2cc3sc(C4CCC(C=O)CC4)nc3cc2C(C)(C)O)n1. The van der Waals surface area contributed by atoms with E-state index in [0.29, 0.717) is 22.9 Å². The summed E-state index contributed by atoms with van der Waals surface area (Å²) in [5, 5.41) is 14.7. The first-order chi connectivity index (χ1) is 14.7. The van der Waals surface area contributed by atoms with Gasteiger partial charge in [0.25, 0.3) is 5.91 Å². The van der Waals surface area contributed by atoms with Gasteiger partial charge in [0, 0.05) is 29.3 Å². The van der Waals surface area contributed by atoms with E-state index in [-0.39, 0.29) is 17.5 Å². The number of aryl methyl sites for hydroxylation is 1. The van der Waals surface area contributed by atoms with Crippen molar-refractivity contribution in [2.24, 2.45) is 5.92 Å². The number of nitrogens with zero attached hydrogens (tertiary/aromatic N) is 3. The van der Waals surface area contributed by atoms with E-state index >= 15 is 0 Å². The Bertz CT molecular complexity index is 1130. The number of carbonyl (C=O) groups excluding carboxylic acids is 2. The summed E-state index contributed by atoms with van der Waals surface area (Å²) in [5.41, 5.74) is 1.65. The normalized spacial score (nSPS) is 19.4. The number of hydrogen-bond donors (Lipinski definition) is 2. The van der Waals surface area contributed by atoms with Crippen molar-refractivity contribution in [3.63, 3.8) is 0 Å². The van der Waals surface area contributed by atoms with Crippen molar-refractivity contribution in [2.45, 2.75) is 58.0 Å². The molecular weight excluding hydrogens is 412 g/mol. The van der Waals surface area contributed by atoms with Crippen molar-refractivity contribution in [3.05, 3.63) is 46.5 Å². The van der Waals surface area contributed by atoms with Crippen LogP contribution in [-0.4, -0.2) is 32.3 Å². The van der Waals surface area contributed by atoms with Gasteiger partial charge >= 0.3 is 0 Å². The maximum Gasteiger partial charge on any atom is 0.275 e. The van der Waals surface area contributed by atoms with Crippen molar-refractivity contribution < 1.29 is 14.7 Å². The van der Waals surface area contributed by atoms with Crippen molar-refractivity contribution in [3.8, 4) is 0 Å². The number of carbonyl (C=O) groups is 2. The van der Waals surface area contributed by atoms with Gasteiger partial charge in [0.15, 0.2) is 0 Å². The number of benzene rings is 1. The monoisotopic (exact) mass is 438 g/mol. The van der Waals surface area contributed by atoms with Crippen LogP contribution in [0.4, 0.5) is 5.69 Å². The summed E-state index contributed by atoms with van der Waals surface area (Å²) in [6.07, 6.45) is 7.79. The van der Waals surface area contributed by atoms with E-state index in [2.05, 4.69) is 15.3 Å². The van der Waals surface area contributed by atoms with Crippen LogP contribution in [0.15, 0.2) is 24.5 Å². The molecule has 162 valence electrons. The Kier molecular flexibility index (Phi) is 5.85. The molecule has 3 aromatic rings. The van der Waals surface area contributed by atoms with Crippen molar-refractivity contribution >= 4 is 39.4 Å². The predicted molar refractivity (Wildman–Crippen MR) is 120 cm³/mol. The van der Waals surface area contributed by atoms with E-state index < -0.39 is 5.60 Å². The van der Waals surface area contributed by atoms with Crippen LogP contribution in [0.25, 0.3) is 10.2 Å². The molecule has 1 aliphatic carbocycles. The number of hydrogen-bond acceptors (Lipinski definition) is 7. The summed E-state index contributed by atoms with van der Waals surface area (Å²) in [6, 6.07) is 3.73. The van der Waals surface area contributed by atoms with Crippen LogP contribution >= 0.6 is 11.3 Å². The summed E-state index contributed by atoms with van der Waals surface area (Å²) in [6.45, 7) is 5.15. The molecule has 0 atom stereocenters. The van der Waals surface area contributed by atoms with Gasteiger partial charge in [-0.25, -0.2) is 9.97 Å². The highest BCUT2D eigenvalue weighted by Gasteiger charge is 2.27. The number of aldehydes is 1. The second kappa shape index (κ2) is 8.43. The molecule has 4 rings (SSSR count). The lowest BCUT2D eigenvalue weighted by Crippen LogP contribution is -2.21. The third-order valence-corrected chi connectivity index (χ3v) is 6.93. The fourth-order valence-electron chi connectivity index (χ4n) is 4.04. The van der Waals surface area contributed by atoms with Crippen molar-refractivity contribution in [1.29, 1.82) is 0 Å². The zero-order valence-corrected chi connectivity index (χ0v) is 18.7. The Balaban J connectivity index is 1.67. The van der Waals surface area contributed by atoms with E-state index in [4.69, 9.17) is 4.98 Å². The minimum atomic E-state index is -1.17. The summed E-state index contributed by atoms with van der Waals surface area (Å²) in [7, 11) is 0. The fourth-order valence-corrected chi connectivity index (χ4v) is 5.19. The number of aliphatic hydroxyl groups is 1. The average molecular weight is 439 g/mol. The van der Waals surface area contributed by atoms with Crippen LogP contribution in [0.5, 0.6) is 0 Å². The molecule has 1 amide bonds. The highest BCUT2D eigenvalue weighted by molar-refractivity contribution is 7.18. The largest absolute Gasteiger partial charge is 0.386 e. The lowest BCUT2D eigenvalue weighted by Gasteiger charge is -2.23. The summed E-state index contributed by atoms with van der Waals surface area (Å²) < 4.78 is 0.950. The van der Waals surface area contributed by atoms with Gasteiger partial charge in [-0.3, -0.25) is 9.78 Å². The molecule has 2 heterocycles. The van der Waals surface area contributed by atoms with Gasteiger partial charge in [0.2, 0.25) is 0 Å². The molecule has 1 aliphatic rings. The number of anilines is 1. The van der Waals surface area contributed by atoms with Gasteiger partial charge in [-0.2, -0.15) is 0 Å². The van der Waals surface area contributed by atoms with Gasteiger partial charge in [-0.1, -0.05) is 0 Å². The molecule has 1 aromatic carbocycles. The molecular formula is C23H26N4O3S. The van der Waals surface area contributed by atoms with Gasteiger partial charge in [-0.05, 0) is 58.6 Å². The molecule has 0 unspecified atom stereocenters. The van der Waals surface area contributed by atoms with E-state index in [1.807, 2.05) is 12.1 Å². The Hall–Kier alpha value is -2.71. The second-order valence-corrected chi connectivity index (χ2v) is 9.79. The smallest absolute Gasteiger partial charge is 0.275 e. The van der Waals surface area contributed by atoms with Crippen molar-refractivity contribution in [2.75, 3.05) is 5.32 Å². The molecule has 0 spiro atoms. The Morgan fingerprint density at radius 2 is 1.94 bits per heavy atom. The number of rotatable bonds is 5. The minimum Gasteiger partial charge on any atom is -0.386 e. The molecule has 1 fully saturated rings. The van der Waals surface area contributed by atoms with Crippen LogP contribution in [-0.2, 0) is 10.4 Å². The number of nitrogens with one attached hydrogen (secondary N) is 1. The van der Waals surface area contributed by atoms with Crippen LogP contribution in [0.1, 0.15) is 72.2 Å². The molecule has 0 radical (unpaired) electrons. The van der Waals surface area contributed by atoms with Crippen molar-refractivity contribution in [1.82, 2.24) is 15.0 Å². The molecule has 7 nitrogen and oxygen atoms in total. The summed E-state index contributed by atoms with van der Waals surface area (Å²) in [5.74, 6) is 0.136. The lowest BCUT2D eigenvalue weighted by atomic mass is 9.83. The zero-order chi connectivity index (χ0) is 22.2. The van der Waals surface area contributed by atoms with E-state index in [9.17, 15) is 14.7 Å². The van der Waals surface area contributed by atoms with Crippen LogP contribution < -0.4 is 5.32 Å². The fraction of sp³-hybridized carbons (Fsp3) is 0.435. The standard InChI is InChI=1S/C23H26N4O3S/c1-13-10-24-11-19(25-13)21(29)26-17-9-20-18(8-16(17)23(2,3)30)27-22(31-20)15-6-4-14(12-28)5-7-15/h8-12,14-15,30H,4-7H2,1-3H3,(H,26,29). The Morgan fingerprint density at radius 1 is 1.19 bits per heavy atom. The quantitative estimate of drug-likeness (QED) is 0.574. The van der Waals surface area contributed by atoms with Crippen LogP contribution in [0, 0.1) is 12.8 Å². The highest BCUT2D eigenvalue weighted by atomic mass is 32.1. The molecule has 31 heavy (non-hydrogen) atoms. The highest BCUT2D eigenvalue weighted by Crippen LogP contribution is 2.40. The molecule has 2 aromatic heterocycles. The Morgan fingerprint density at radius 3 is 2.58 bits per heavy atom. The summed E-state index contributed by atoms with van der Waals surface area (Å²) in [4.78, 5) is 36.9. The second-order valence-electron chi connectivity index (χ2n) is 8.72. The maximum atomic E-state index is 12.8. The lowest BCUT2D eigenvalue weighted by molar-refractivity contribution is -0.111. The Labute approximate surface area is 185 Å². The third kappa shape index (κ3) is 4.65. The number of fused-ring (bicyclic) bond motifs is 1. The van der Waals surface area contributed by atoms with Gasteiger partial charge in [0.05, 0.1) is 32.7 Å². The molecule has 0 aliphatic heterocycles. The predicted octanol–water partition coefficient (Wildman–Crippen LogP) is 4.35. The van der Waals surface area contributed by atoms with Crippen LogP contribution in [0.2, 0.25) is 0 Å². The first-order valence-corrected chi connectivity index (χ1v) is 11.3. The molecule has 0 saturated heterocycles. The van der Waals surface area contributed by atoms with Gasteiger partial charge in [-0.15, -0.1) is 11.3 Å². The number of thiazole rings is 1. The topological polar surface area (TPSA) is 105 Å². The number of aromatic nitrogens is 3. The van der Waals surface area contributed by atoms with E-state index in [1.165, 1.54) is 6.20 Å². The summed E-state index contributed by atoms with van der Waals surface area (Å²) >= 11 is 1.61. The average Bonchev–Trinajstić information content (AvgIpc) is 3.15. The zero-order valence-electron chi connectivity index (χ0n) is 17.9. The minimum absolute atomic E-state index is 0.166. The molecule has 2 N–H and O–H groups in total. The van der Waals surface area contributed by atoms with Gasteiger partial charge in [0.1, 0.15) is 12.0 Å². The first kappa shape index (κ1) is 21.5.